The molecule has 0 aliphatic carbocycles. The van der Waals surface area contributed by atoms with Gasteiger partial charge in [-0.2, -0.15) is 0 Å². The molecule has 1 N–H and O–H groups in total. The number of aromatic nitrogens is 2. The van der Waals surface area contributed by atoms with Crippen molar-refractivity contribution in [2.45, 2.75) is 0 Å². The van der Waals surface area contributed by atoms with E-state index < -0.39 is 0 Å². The summed E-state index contributed by atoms with van der Waals surface area (Å²) in [6.07, 6.45) is 3.17. The second-order valence-corrected chi connectivity index (χ2v) is 2.21. The van der Waals surface area contributed by atoms with Crippen LogP contribution in [0, 0.1) is 0 Å². The first-order chi connectivity index (χ1) is 5.34. The minimum atomic E-state index is 0.139. The molecule has 0 saturated carbocycles. The van der Waals surface area contributed by atoms with Crippen molar-refractivity contribution in [3.63, 3.8) is 0 Å². The Kier molecular flexibility index (Phi) is 2.80. The van der Waals surface area contributed by atoms with Crippen molar-refractivity contribution in [2.75, 3.05) is 25.1 Å². The van der Waals surface area contributed by atoms with Crippen LogP contribution in [0.5, 0.6) is 0 Å². The fourth-order valence-corrected chi connectivity index (χ4v) is 0.774. The molecule has 0 bridgehead atoms. The third-order valence-corrected chi connectivity index (χ3v) is 1.39. The minimum Gasteiger partial charge on any atom is -0.395 e. The highest BCUT2D eigenvalue weighted by Crippen LogP contribution is 2.03. The molecular formula is C7H11N3O. The molecule has 1 rings (SSSR count). The van der Waals surface area contributed by atoms with E-state index in [1.165, 1.54) is 6.33 Å². The van der Waals surface area contributed by atoms with Gasteiger partial charge in [-0.05, 0) is 6.07 Å². The molecule has 4 nitrogen and oxygen atoms in total. The Labute approximate surface area is 65.5 Å². The van der Waals surface area contributed by atoms with Crippen LogP contribution in [0.3, 0.4) is 0 Å². The Morgan fingerprint density at radius 3 is 3.00 bits per heavy atom. The van der Waals surface area contributed by atoms with Gasteiger partial charge in [0.05, 0.1) is 6.61 Å². The number of hydrogen-bond donors (Lipinski definition) is 1. The predicted octanol–water partition coefficient (Wildman–Crippen LogP) is -0.0949. The van der Waals surface area contributed by atoms with Crippen molar-refractivity contribution < 1.29 is 5.11 Å². The third-order valence-electron chi connectivity index (χ3n) is 1.39. The largest absolute Gasteiger partial charge is 0.395 e. The predicted molar refractivity (Wildman–Crippen MR) is 42.4 cm³/mol. The number of rotatable bonds is 3. The second kappa shape index (κ2) is 3.88. The number of likely N-dealkylation sites (N-methyl/N-ethyl adjacent to an activating group) is 1. The first-order valence-corrected chi connectivity index (χ1v) is 3.42. The van der Waals surface area contributed by atoms with E-state index in [1.807, 2.05) is 11.9 Å². The Hall–Kier alpha value is -1.16. The summed E-state index contributed by atoms with van der Waals surface area (Å²) in [4.78, 5) is 9.65. The standard InChI is InChI=1S/C7H11N3O/c1-10(4-5-11)7-2-3-8-6-9-7/h2-3,6,11H,4-5H2,1H3. The molecule has 0 aliphatic rings. The minimum absolute atomic E-state index is 0.139. The van der Waals surface area contributed by atoms with Crippen molar-refractivity contribution in [1.82, 2.24) is 9.97 Å². The fraction of sp³-hybridized carbons (Fsp3) is 0.429. The average molecular weight is 153 g/mol. The van der Waals surface area contributed by atoms with Crippen molar-refractivity contribution in [3.8, 4) is 0 Å². The molecule has 1 aromatic heterocycles. The molecule has 1 aromatic rings. The summed E-state index contributed by atoms with van der Waals surface area (Å²) in [5.41, 5.74) is 0. The zero-order valence-corrected chi connectivity index (χ0v) is 6.44. The third kappa shape index (κ3) is 2.16. The molecule has 11 heavy (non-hydrogen) atoms. The quantitative estimate of drug-likeness (QED) is 0.659. The van der Waals surface area contributed by atoms with E-state index in [9.17, 15) is 0 Å². The lowest BCUT2D eigenvalue weighted by atomic mass is 10.5. The Morgan fingerprint density at radius 2 is 2.45 bits per heavy atom. The normalized spacial score (nSPS) is 9.64. The smallest absolute Gasteiger partial charge is 0.131 e. The van der Waals surface area contributed by atoms with Crippen LogP contribution >= 0.6 is 0 Å². The number of aliphatic hydroxyl groups excluding tert-OH is 1. The molecule has 0 fully saturated rings. The number of hydrogen-bond acceptors (Lipinski definition) is 4. The zero-order chi connectivity index (χ0) is 8.10. The van der Waals surface area contributed by atoms with Crippen LogP contribution in [0.25, 0.3) is 0 Å². The van der Waals surface area contributed by atoms with Gasteiger partial charge in [0, 0.05) is 19.8 Å². The molecule has 60 valence electrons. The van der Waals surface area contributed by atoms with E-state index in [-0.39, 0.29) is 6.61 Å². The SMILES string of the molecule is CN(CCO)c1ccncn1. The van der Waals surface area contributed by atoms with Crippen LogP contribution in [0.1, 0.15) is 0 Å². The van der Waals surface area contributed by atoms with Crippen LogP contribution in [0.4, 0.5) is 5.82 Å². The van der Waals surface area contributed by atoms with Crippen molar-refractivity contribution in [1.29, 1.82) is 0 Å². The van der Waals surface area contributed by atoms with Gasteiger partial charge >= 0.3 is 0 Å². The highest BCUT2D eigenvalue weighted by Gasteiger charge is 1.97. The van der Waals surface area contributed by atoms with Gasteiger partial charge in [-0.25, -0.2) is 9.97 Å². The monoisotopic (exact) mass is 153 g/mol. The summed E-state index contributed by atoms with van der Waals surface area (Å²) in [6.45, 7) is 0.734. The van der Waals surface area contributed by atoms with E-state index in [0.717, 1.165) is 5.82 Å². The van der Waals surface area contributed by atoms with Crippen LogP contribution in [0.2, 0.25) is 0 Å². The van der Waals surface area contributed by atoms with Gasteiger partial charge in [-0.15, -0.1) is 0 Å². The van der Waals surface area contributed by atoms with Crippen molar-refractivity contribution in [2.24, 2.45) is 0 Å². The molecule has 0 amide bonds. The number of aliphatic hydroxyl groups is 1. The number of nitrogens with zero attached hydrogens (tertiary/aromatic N) is 3. The van der Waals surface area contributed by atoms with Gasteiger partial charge in [0.2, 0.25) is 0 Å². The molecule has 0 unspecified atom stereocenters. The van der Waals surface area contributed by atoms with Crippen molar-refractivity contribution in [3.05, 3.63) is 18.6 Å². The summed E-state index contributed by atoms with van der Waals surface area (Å²) < 4.78 is 0. The topological polar surface area (TPSA) is 49.2 Å². The van der Waals surface area contributed by atoms with E-state index in [2.05, 4.69) is 9.97 Å². The highest BCUT2D eigenvalue weighted by atomic mass is 16.3. The van der Waals surface area contributed by atoms with Gasteiger partial charge in [0.15, 0.2) is 0 Å². The van der Waals surface area contributed by atoms with E-state index >= 15 is 0 Å². The Bertz CT molecular complexity index is 202. The maximum absolute atomic E-state index is 8.61. The fourth-order valence-electron chi connectivity index (χ4n) is 0.774. The summed E-state index contributed by atoms with van der Waals surface area (Å²) in [5, 5.41) is 8.61. The Morgan fingerprint density at radius 1 is 1.64 bits per heavy atom. The summed E-state index contributed by atoms with van der Waals surface area (Å²) in [5.74, 6) is 0.828. The molecular weight excluding hydrogens is 142 g/mol. The number of anilines is 1. The van der Waals surface area contributed by atoms with Crippen LogP contribution in [-0.2, 0) is 0 Å². The van der Waals surface area contributed by atoms with Crippen LogP contribution in [-0.4, -0.2) is 35.3 Å². The van der Waals surface area contributed by atoms with Crippen molar-refractivity contribution >= 4 is 5.82 Å². The van der Waals surface area contributed by atoms with Gasteiger partial charge in [0.1, 0.15) is 12.1 Å². The van der Waals surface area contributed by atoms with Gasteiger partial charge < -0.3 is 10.0 Å². The molecule has 0 aliphatic heterocycles. The van der Waals surface area contributed by atoms with E-state index in [0.29, 0.717) is 6.54 Å². The molecule has 4 heteroatoms. The lowest BCUT2D eigenvalue weighted by Crippen LogP contribution is -2.21. The highest BCUT2D eigenvalue weighted by molar-refractivity contribution is 5.34. The van der Waals surface area contributed by atoms with Gasteiger partial charge in [-0.1, -0.05) is 0 Å². The second-order valence-electron chi connectivity index (χ2n) is 2.21. The Balaban J connectivity index is 2.61. The lowest BCUT2D eigenvalue weighted by Gasteiger charge is -2.15. The molecule has 0 atom stereocenters. The molecule has 0 spiro atoms. The first kappa shape index (κ1) is 7.94. The van der Waals surface area contributed by atoms with Crippen LogP contribution in [0.15, 0.2) is 18.6 Å². The molecule has 0 radical (unpaired) electrons. The maximum atomic E-state index is 8.61. The van der Waals surface area contributed by atoms with Gasteiger partial charge in [0.25, 0.3) is 0 Å². The summed E-state index contributed by atoms with van der Waals surface area (Å²) in [6, 6.07) is 1.80. The zero-order valence-electron chi connectivity index (χ0n) is 6.44. The van der Waals surface area contributed by atoms with E-state index in [4.69, 9.17) is 5.11 Å². The van der Waals surface area contributed by atoms with E-state index in [1.54, 1.807) is 12.3 Å². The summed E-state index contributed by atoms with van der Waals surface area (Å²) in [7, 11) is 1.87. The first-order valence-electron chi connectivity index (χ1n) is 3.42. The average Bonchev–Trinajstić information content (AvgIpc) is 2.07. The molecule has 0 saturated heterocycles. The molecule has 1 heterocycles. The molecule has 0 aromatic carbocycles. The van der Waals surface area contributed by atoms with Crippen LogP contribution < -0.4 is 4.90 Å². The summed E-state index contributed by atoms with van der Waals surface area (Å²) >= 11 is 0. The maximum Gasteiger partial charge on any atom is 0.131 e. The lowest BCUT2D eigenvalue weighted by molar-refractivity contribution is 0.304. The van der Waals surface area contributed by atoms with Gasteiger partial charge in [-0.3, -0.25) is 0 Å².